The summed E-state index contributed by atoms with van der Waals surface area (Å²) >= 11 is 0. The Hall–Kier alpha value is -0.440. The quantitative estimate of drug-likeness (QED) is 0.245. The van der Waals surface area contributed by atoms with Gasteiger partial charge < -0.3 is 55.1 Å². The van der Waals surface area contributed by atoms with Crippen LogP contribution in [0.5, 0.6) is 0 Å². The Morgan fingerprint density at radius 3 is 1.96 bits per heavy atom. The van der Waals surface area contributed by atoms with Crippen LogP contribution in [-0.2, 0) is 14.2 Å². The predicted molar refractivity (Wildman–Crippen MR) is 68.4 cm³/mol. The predicted octanol–water partition coefficient (Wildman–Crippen LogP) is -5.05. The van der Waals surface area contributed by atoms with Crippen molar-refractivity contribution >= 4 is 0 Å². The minimum absolute atomic E-state index is 0.714. The van der Waals surface area contributed by atoms with Crippen LogP contribution in [0.2, 0.25) is 0 Å². The Kier molecular flexibility index (Phi) is 5.60. The van der Waals surface area contributed by atoms with Crippen LogP contribution in [0.25, 0.3) is 0 Å². The van der Waals surface area contributed by atoms with E-state index in [1.54, 1.807) is 0 Å². The molecule has 0 bridgehead atoms. The summed E-state index contributed by atoms with van der Waals surface area (Å²) in [5.41, 5.74) is -1.86. The zero-order valence-electron chi connectivity index (χ0n) is 12.2. The van der Waals surface area contributed by atoms with Crippen LogP contribution in [0.15, 0.2) is 0 Å². The van der Waals surface area contributed by atoms with Crippen molar-refractivity contribution in [2.75, 3.05) is 6.61 Å². The van der Waals surface area contributed by atoms with E-state index in [4.69, 9.17) is 14.2 Å². The van der Waals surface area contributed by atoms with Gasteiger partial charge in [-0.15, -0.1) is 0 Å². The molecule has 11 heteroatoms. The normalized spacial score (nSPS) is 54.9. The first-order valence-corrected chi connectivity index (χ1v) is 6.99. The summed E-state index contributed by atoms with van der Waals surface area (Å²) in [5.74, 6) is 0. The van der Waals surface area contributed by atoms with Crippen molar-refractivity contribution in [3.63, 3.8) is 0 Å². The molecule has 2 aliphatic heterocycles. The van der Waals surface area contributed by atoms with E-state index in [2.05, 4.69) is 0 Å². The minimum Gasteiger partial charge on any atom is -0.394 e. The maximum atomic E-state index is 10.1. The van der Waals surface area contributed by atoms with Crippen molar-refractivity contribution in [1.29, 1.82) is 0 Å². The van der Waals surface area contributed by atoms with E-state index in [1.807, 2.05) is 0 Å². The zero-order chi connectivity index (χ0) is 17.5. The van der Waals surface area contributed by atoms with Crippen molar-refractivity contribution in [1.82, 2.24) is 0 Å². The van der Waals surface area contributed by atoms with Gasteiger partial charge in [-0.05, 0) is 6.92 Å². The van der Waals surface area contributed by atoms with E-state index in [1.165, 1.54) is 6.92 Å². The van der Waals surface area contributed by atoms with Crippen molar-refractivity contribution in [2.45, 2.75) is 68.0 Å². The molecule has 8 N–H and O–H groups in total. The molecule has 2 rings (SSSR count). The molecule has 10 atom stereocenters. The summed E-state index contributed by atoms with van der Waals surface area (Å²) in [6.45, 7) is 0.501. The Labute approximate surface area is 130 Å². The van der Waals surface area contributed by atoms with Crippen molar-refractivity contribution in [2.24, 2.45) is 0 Å². The number of ether oxygens (including phenoxy) is 3. The van der Waals surface area contributed by atoms with Gasteiger partial charge in [0.2, 0.25) is 0 Å². The fraction of sp³-hybridized carbons (Fsp3) is 1.00. The van der Waals surface area contributed by atoms with Crippen LogP contribution < -0.4 is 0 Å². The topological polar surface area (TPSA) is 190 Å². The molecule has 2 saturated heterocycles. The van der Waals surface area contributed by atoms with E-state index in [9.17, 15) is 40.9 Å². The van der Waals surface area contributed by atoms with E-state index >= 15 is 0 Å². The van der Waals surface area contributed by atoms with Gasteiger partial charge in [-0.3, -0.25) is 0 Å². The van der Waals surface area contributed by atoms with Crippen LogP contribution in [0.3, 0.4) is 0 Å². The van der Waals surface area contributed by atoms with Crippen LogP contribution >= 0.6 is 0 Å². The molecule has 0 aliphatic carbocycles. The highest BCUT2D eigenvalue weighted by Gasteiger charge is 2.56. The van der Waals surface area contributed by atoms with Crippen molar-refractivity contribution < 1.29 is 55.1 Å². The number of rotatable bonds is 3. The summed E-state index contributed by atoms with van der Waals surface area (Å²) in [5, 5.41) is 77.0. The summed E-state index contributed by atoms with van der Waals surface area (Å²) in [4.78, 5) is 0. The lowest BCUT2D eigenvalue weighted by molar-refractivity contribution is -0.398. The Morgan fingerprint density at radius 2 is 1.39 bits per heavy atom. The molecule has 0 amide bonds. The molecule has 0 spiro atoms. The monoisotopic (exact) mass is 342 g/mol. The average molecular weight is 342 g/mol. The van der Waals surface area contributed by atoms with Gasteiger partial charge >= 0.3 is 0 Å². The second kappa shape index (κ2) is 6.82. The SMILES string of the molecule is C[C@@]1(O[C@@H]2O[C@H](O)[C@@H](O)[C@H](O)[C@H]2O)[C@@H](CO)O[C@@H](O)[C@H](O)[C@@H]1O. The summed E-state index contributed by atoms with van der Waals surface area (Å²) in [6.07, 6.45) is -15.5. The molecule has 0 aromatic carbocycles. The molecule has 0 saturated carbocycles. The Bertz CT molecular complexity index is 404. The highest BCUT2D eigenvalue weighted by atomic mass is 16.8. The van der Waals surface area contributed by atoms with Crippen molar-refractivity contribution in [3.8, 4) is 0 Å². The molecular formula is C12H22O11. The molecule has 0 radical (unpaired) electrons. The third-order valence-corrected chi connectivity index (χ3v) is 4.23. The van der Waals surface area contributed by atoms with Crippen LogP contribution in [0, 0.1) is 0 Å². The summed E-state index contributed by atoms with van der Waals surface area (Å²) in [6, 6.07) is 0. The standard InChI is InChI=1S/C12H22O11/c1-12(3(2-13)21-10(20)7(17)8(12)18)23-11-6(16)4(14)5(15)9(19)22-11/h3-11,13-20H,2H2,1H3/t3-,4+,5+,6-,7-,8+,9+,10-,11+,12-/m1/s1. The molecule has 0 aromatic heterocycles. The Morgan fingerprint density at radius 1 is 0.826 bits per heavy atom. The first-order valence-electron chi connectivity index (χ1n) is 6.99. The highest BCUT2D eigenvalue weighted by Crippen LogP contribution is 2.35. The smallest absolute Gasteiger partial charge is 0.190 e. The average Bonchev–Trinajstić information content (AvgIpc) is 2.52. The lowest BCUT2D eigenvalue weighted by Crippen LogP contribution is -2.69. The van der Waals surface area contributed by atoms with E-state index < -0.39 is 67.7 Å². The molecule has 2 heterocycles. The van der Waals surface area contributed by atoms with Gasteiger partial charge in [0.15, 0.2) is 18.9 Å². The van der Waals surface area contributed by atoms with Crippen molar-refractivity contribution in [3.05, 3.63) is 0 Å². The number of aliphatic hydroxyl groups is 8. The number of hydrogen-bond donors (Lipinski definition) is 8. The van der Waals surface area contributed by atoms with Gasteiger partial charge in [0.25, 0.3) is 0 Å². The molecular weight excluding hydrogens is 320 g/mol. The fourth-order valence-electron chi connectivity index (χ4n) is 2.62. The summed E-state index contributed by atoms with van der Waals surface area (Å²) < 4.78 is 15.1. The first kappa shape index (κ1) is 18.9. The van der Waals surface area contributed by atoms with Crippen LogP contribution in [0.1, 0.15) is 6.92 Å². The molecule has 0 aromatic rings. The van der Waals surface area contributed by atoms with Crippen LogP contribution in [0.4, 0.5) is 0 Å². The Balaban J connectivity index is 2.21. The molecule has 0 unspecified atom stereocenters. The third-order valence-electron chi connectivity index (χ3n) is 4.23. The lowest BCUT2D eigenvalue weighted by Gasteiger charge is -2.50. The second-order valence-corrected chi connectivity index (χ2v) is 5.80. The maximum Gasteiger partial charge on any atom is 0.190 e. The summed E-state index contributed by atoms with van der Waals surface area (Å²) in [7, 11) is 0. The highest BCUT2D eigenvalue weighted by molar-refractivity contribution is 5.01. The van der Waals surface area contributed by atoms with E-state index in [0.717, 1.165) is 0 Å². The van der Waals surface area contributed by atoms with Gasteiger partial charge in [0.05, 0.1) is 6.61 Å². The van der Waals surface area contributed by atoms with E-state index in [0.29, 0.717) is 0 Å². The largest absolute Gasteiger partial charge is 0.394 e. The number of hydrogen-bond acceptors (Lipinski definition) is 11. The molecule has 2 aliphatic rings. The van der Waals surface area contributed by atoms with Gasteiger partial charge in [0.1, 0.15) is 42.2 Å². The molecule has 136 valence electrons. The third kappa shape index (κ3) is 3.23. The maximum absolute atomic E-state index is 10.1. The molecule has 11 nitrogen and oxygen atoms in total. The van der Waals surface area contributed by atoms with Gasteiger partial charge in [0, 0.05) is 0 Å². The van der Waals surface area contributed by atoms with E-state index in [-0.39, 0.29) is 0 Å². The fourth-order valence-corrected chi connectivity index (χ4v) is 2.62. The second-order valence-electron chi connectivity index (χ2n) is 5.80. The van der Waals surface area contributed by atoms with Gasteiger partial charge in [-0.1, -0.05) is 0 Å². The minimum atomic E-state index is -1.87. The van der Waals surface area contributed by atoms with Gasteiger partial charge in [-0.25, -0.2) is 0 Å². The molecule has 2 fully saturated rings. The van der Waals surface area contributed by atoms with Crippen LogP contribution in [-0.4, -0.2) is 109 Å². The lowest BCUT2D eigenvalue weighted by atomic mass is 9.85. The number of aliphatic hydroxyl groups excluding tert-OH is 8. The molecule has 23 heavy (non-hydrogen) atoms. The zero-order valence-corrected chi connectivity index (χ0v) is 12.2. The van der Waals surface area contributed by atoms with Gasteiger partial charge in [-0.2, -0.15) is 0 Å². The first-order chi connectivity index (χ1) is 10.6.